The second-order valence-electron chi connectivity index (χ2n) is 2.85. The Labute approximate surface area is 78.5 Å². The van der Waals surface area contributed by atoms with E-state index < -0.39 is 0 Å². The number of nitrogens with one attached hydrogen (secondary N) is 1. The van der Waals surface area contributed by atoms with Crippen LogP contribution in [0.5, 0.6) is 0 Å². The number of para-hydroxylation sites is 1. The van der Waals surface area contributed by atoms with E-state index in [2.05, 4.69) is 11.4 Å². The number of allylic oxidation sites excluding steroid dienone is 2. The monoisotopic (exact) mass is 172 g/mol. The second-order valence-corrected chi connectivity index (χ2v) is 2.85. The molecule has 0 bridgehead atoms. The predicted molar refractivity (Wildman–Crippen MR) is 54.1 cm³/mol. The van der Waals surface area contributed by atoms with E-state index in [1.165, 1.54) is 0 Å². The molecule has 0 amide bonds. The first-order valence-corrected chi connectivity index (χ1v) is 4.13. The van der Waals surface area contributed by atoms with Gasteiger partial charge >= 0.3 is 0 Å². The molecule has 1 N–H and O–H groups in total. The fourth-order valence-electron chi connectivity index (χ4n) is 0.916. The van der Waals surface area contributed by atoms with Gasteiger partial charge in [0.1, 0.15) is 0 Å². The van der Waals surface area contributed by atoms with Crippen LogP contribution in [0.4, 0.5) is 5.69 Å². The Kier molecular flexibility index (Phi) is 3.10. The summed E-state index contributed by atoms with van der Waals surface area (Å²) in [5.41, 5.74) is 2.62. The molecule has 0 unspecified atom stereocenters. The van der Waals surface area contributed by atoms with Gasteiger partial charge in [0.2, 0.25) is 0 Å². The molecule has 0 radical (unpaired) electrons. The van der Waals surface area contributed by atoms with Crippen molar-refractivity contribution in [3.63, 3.8) is 0 Å². The Morgan fingerprint density at radius 1 is 1.23 bits per heavy atom. The normalized spacial score (nSPS) is 11.5. The minimum absolute atomic E-state index is 0.712. The third kappa shape index (κ3) is 2.64. The van der Waals surface area contributed by atoms with Crippen LogP contribution in [0.1, 0.15) is 13.8 Å². The van der Waals surface area contributed by atoms with Crippen molar-refractivity contribution in [1.82, 2.24) is 0 Å². The first-order valence-electron chi connectivity index (χ1n) is 4.13. The summed E-state index contributed by atoms with van der Waals surface area (Å²) in [6, 6.07) is 11.9. The third-order valence-electron chi connectivity index (χ3n) is 1.84. The summed E-state index contributed by atoms with van der Waals surface area (Å²) in [4.78, 5) is 0. The smallest absolute Gasteiger partial charge is 0.0962 e. The summed E-state index contributed by atoms with van der Waals surface area (Å²) in [6.07, 6.45) is 0. The highest BCUT2D eigenvalue weighted by molar-refractivity contribution is 5.49. The summed E-state index contributed by atoms with van der Waals surface area (Å²) in [7, 11) is 0. The highest BCUT2D eigenvalue weighted by Gasteiger charge is 1.95. The summed E-state index contributed by atoms with van der Waals surface area (Å²) < 4.78 is 0. The summed E-state index contributed by atoms with van der Waals surface area (Å²) in [5.74, 6) is 0. The quantitative estimate of drug-likeness (QED) is 0.696. The van der Waals surface area contributed by atoms with Crippen LogP contribution in [0.3, 0.4) is 0 Å². The maximum absolute atomic E-state index is 8.64. The van der Waals surface area contributed by atoms with Crippen LogP contribution < -0.4 is 5.32 Å². The van der Waals surface area contributed by atoms with Gasteiger partial charge < -0.3 is 5.32 Å². The molecule has 0 saturated heterocycles. The largest absolute Gasteiger partial charge is 0.358 e. The van der Waals surface area contributed by atoms with Gasteiger partial charge in [-0.3, -0.25) is 0 Å². The van der Waals surface area contributed by atoms with Crippen molar-refractivity contribution in [3.05, 3.63) is 41.6 Å². The molecule has 66 valence electrons. The van der Waals surface area contributed by atoms with Crippen LogP contribution in [0.2, 0.25) is 0 Å². The number of anilines is 1. The number of rotatable bonds is 2. The highest BCUT2D eigenvalue weighted by Crippen LogP contribution is 2.10. The average molecular weight is 172 g/mol. The zero-order valence-corrected chi connectivity index (χ0v) is 7.83. The third-order valence-corrected chi connectivity index (χ3v) is 1.84. The maximum Gasteiger partial charge on any atom is 0.0962 e. The lowest BCUT2D eigenvalue weighted by atomic mass is 10.2. The Morgan fingerprint density at radius 2 is 1.85 bits per heavy atom. The van der Waals surface area contributed by atoms with Crippen molar-refractivity contribution in [3.8, 4) is 6.07 Å². The van der Waals surface area contributed by atoms with Gasteiger partial charge in [-0.15, -0.1) is 0 Å². The Bertz CT molecular complexity index is 344. The fourth-order valence-corrected chi connectivity index (χ4v) is 0.916. The molecule has 0 fully saturated rings. The molecule has 0 spiro atoms. The van der Waals surface area contributed by atoms with E-state index in [-0.39, 0.29) is 0 Å². The SMILES string of the molecule is C/C(C#N)=C(\C)Nc1ccccc1. The van der Waals surface area contributed by atoms with Gasteiger partial charge in [0, 0.05) is 17.0 Å². The Hall–Kier alpha value is -1.75. The lowest BCUT2D eigenvalue weighted by Crippen LogP contribution is -1.97. The molecule has 2 heteroatoms. The fraction of sp³-hybridized carbons (Fsp3) is 0.182. The molecular weight excluding hydrogens is 160 g/mol. The lowest BCUT2D eigenvalue weighted by Gasteiger charge is -2.06. The van der Waals surface area contributed by atoms with Gasteiger partial charge in [-0.05, 0) is 26.0 Å². The molecule has 0 aliphatic carbocycles. The van der Waals surface area contributed by atoms with E-state index in [4.69, 9.17) is 5.26 Å². The van der Waals surface area contributed by atoms with Crippen LogP contribution >= 0.6 is 0 Å². The van der Waals surface area contributed by atoms with Crippen molar-refractivity contribution in [1.29, 1.82) is 5.26 Å². The molecule has 0 atom stereocenters. The second kappa shape index (κ2) is 4.32. The summed E-state index contributed by atoms with van der Waals surface area (Å²) in [6.45, 7) is 3.69. The van der Waals surface area contributed by atoms with Gasteiger partial charge in [0.05, 0.1) is 6.07 Å². The molecule has 13 heavy (non-hydrogen) atoms. The molecule has 0 aromatic heterocycles. The van der Waals surface area contributed by atoms with Crippen LogP contribution in [0.15, 0.2) is 41.6 Å². The van der Waals surface area contributed by atoms with Gasteiger partial charge in [-0.1, -0.05) is 18.2 Å². The number of benzene rings is 1. The number of nitrogens with zero attached hydrogens (tertiary/aromatic N) is 1. The molecule has 1 rings (SSSR count). The summed E-state index contributed by atoms with van der Waals surface area (Å²) in [5, 5.41) is 11.8. The van der Waals surface area contributed by atoms with Crippen molar-refractivity contribution in [2.45, 2.75) is 13.8 Å². The standard InChI is InChI=1S/C11H12N2/c1-9(8-12)10(2)13-11-6-4-3-5-7-11/h3-7,13H,1-2H3/b10-9-. The van der Waals surface area contributed by atoms with Crippen molar-refractivity contribution in [2.75, 3.05) is 5.32 Å². The van der Waals surface area contributed by atoms with E-state index >= 15 is 0 Å². The summed E-state index contributed by atoms with van der Waals surface area (Å²) >= 11 is 0. The first kappa shape index (κ1) is 9.34. The van der Waals surface area contributed by atoms with Gasteiger partial charge in [0.25, 0.3) is 0 Å². The zero-order valence-electron chi connectivity index (χ0n) is 7.83. The average Bonchev–Trinajstić information content (AvgIpc) is 2.18. The van der Waals surface area contributed by atoms with Gasteiger partial charge in [0.15, 0.2) is 0 Å². The molecule has 0 saturated carbocycles. The molecule has 1 aromatic carbocycles. The number of hydrogen-bond acceptors (Lipinski definition) is 2. The van der Waals surface area contributed by atoms with E-state index in [1.807, 2.05) is 37.3 Å². The molecule has 1 aromatic rings. The van der Waals surface area contributed by atoms with Crippen LogP contribution in [0, 0.1) is 11.3 Å². The zero-order chi connectivity index (χ0) is 9.68. The van der Waals surface area contributed by atoms with E-state index in [9.17, 15) is 0 Å². The van der Waals surface area contributed by atoms with Crippen LogP contribution in [-0.4, -0.2) is 0 Å². The van der Waals surface area contributed by atoms with E-state index in [1.54, 1.807) is 6.92 Å². The van der Waals surface area contributed by atoms with Crippen molar-refractivity contribution < 1.29 is 0 Å². The predicted octanol–water partition coefficient (Wildman–Crippen LogP) is 2.92. The Morgan fingerprint density at radius 3 is 2.38 bits per heavy atom. The van der Waals surface area contributed by atoms with Crippen molar-refractivity contribution >= 4 is 5.69 Å². The molecule has 0 heterocycles. The van der Waals surface area contributed by atoms with Crippen molar-refractivity contribution in [2.24, 2.45) is 0 Å². The molecular formula is C11H12N2. The van der Waals surface area contributed by atoms with Gasteiger partial charge in [-0.2, -0.15) is 5.26 Å². The minimum Gasteiger partial charge on any atom is -0.358 e. The topological polar surface area (TPSA) is 35.8 Å². The molecule has 0 aliphatic rings. The van der Waals surface area contributed by atoms with E-state index in [0.717, 1.165) is 11.4 Å². The minimum atomic E-state index is 0.712. The Balaban J connectivity index is 2.78. The first-order chi connectivity index (χ1) is 6.24. The van der Waals surface area contributed by atoms with E-state index in [0.29, 0.717) is 5.57 Å². The lowest BCUT2D eigenvalue weighted by molar-refractivity contribution is 1.29. The van der Waals surface area contributed by atoms with Gasteiger partial charge in [-0.25, -0.2) is 0 Å². The number of nitriles is 1. The molecule has 0 aliphatic heterocycles. The maximum atomic E-state index is 8.64. The highest BCUT2D eigenvalue weighted by atomic mass is 14.9. The molecule has 2 nitrogen and oxygen atoms in total. The van der Waals surface area contributed by atoms with Crippen LogP contribution in [-0.2, 0) is 0 Å². The number of hydrogen-bond donors (Lipinski definition) is 1. The van der Waals surface area contributed by atoms with Crippen LogP contribution in [0.25, 0.3) is 0 Å².